The van der Waals surface area contributed by atoms with Crippen LogP contribution in [0.2, 0.25) is 0 Å². The predicted octanol–water partition coefficient (Wildman–Crippen LogP) is 4.87. The maximum Gasteiger partial charge on any atom is 0.00820 e. The van der Waals surface area contributed by atoms with Gasteiger partial charge in [0.25, 0.3) is 0 Å². The second-order valence-corrected chi connectivity index (χ2v) is 8.10. The third-order valence-corrected chi connectivity index (χ3v) is 5.33. The van der Waals surface area contributed by atoms with Crippen LogP contribution in [0.3, 0.4) is 0 Å². The van der Waals surface area contributed by atoms with E-state index >= 15 is 0 Å². The molecule has 1 aliphatic rings. The number of hydrogen-bond acceptors (Lipinski definition) is 2. The van der Waals surface area contributed by atoms with E-state index in [4.69, 9.17) is 0 Å². The molecule has 108 valence electrons. The first-order valence-electron chi connectivity index (χ1n) is 7.72. The van der Waals surface area contributed by atoms with Gasteiger partial charge in [0.05, 0.1) is 0 Å². The van der Waals surface area contributed by atoms with Crippen molar-refractivity contribution in [3.05, 3.63) is 22.4 Å². The quantitative estimate of drug-likeness (QED) is 0.829. The summed E-state index contributed by atoms with van der Waals surface area (Å²) in [4.78, 5) is 0. The van der Waals surface area contributed by atoms with Crippen LogP contribution < -0.4 is 5.32 Å². The lowest BCUT2D eigenvalue weighted by molar-refractivity contribution is 0.157. The van der Waals surface area contributed by atoms with Crippen molar-refractivity contribution >= 4 is 11.3 Å². The highest BCUT2D eigenvalue weighted by molar-refractivity contribution is 7.07. The molecule has 1 unspecified atom stereocenters. The Kier molecular flexibility index (Phi) is 5.08. The van der Waals surface area contributed by atoms with Crippen LogP contribution in [0.5, 0.6) is 0 Å². The lowest BCUT2D eigenvalue weighted by atomic mass is 9.71. The molecule has 1 N–H and O–H groups in total. The summed E-state index contributed by atoms with van der Waals surface area (Å²) < 4.78 is 0. The van der Waals surface area contributed by atoms with Crippen LogP contribution in [0.25, 0.3) is 0 Å². The molecule has 2 heteroatoms. The molecule has 0 aliphatic heterocycles. The fraction of sp³-hybridized carbons (Fsp3) is 0.765. The van der Waals surface area contributed by atoms with Crippen LogP contribution in [0, 0.1) is 11.3 Å². The molecule has 1 fully saturated rings. The highest BCUT2D eigenvalue weighted by atomic mass is 32.1. The number of rotatable bonds is 4. The Morgan fingerprint density at radius 1 is 1.26 bits per heavy atom. The summed E-state index contributed by atoms with van der Waals surface area (Å²) >= 11 is 1.80. The molecule has 0 spiro atoms. The molecular formula is C17H29NS. The molecule has 0 bridgehead atoms. The number of nitrogens with one attached hydrogen (secondary N) is 1. The van der Waals surface area contributed by atoms with E-state index in [1.165, 1.54) is 37.7 Å². The van der Waals surface area contributed by atoms with Gasteiger partial charge in [0.1, 0.15) is 0 Å². The van der Waals surface area contributed by atoms with Gasteiger partial charge in [-0.25, -0.2) is 0 Å². The first-order valence-corrected chi connectivity index (χ1v) is 8.66. The van der Waals surface area contributed by atoms with Crippen molar-refractivity contribution in [2.45, 2.75) is 71.9 Å². The standard InChI is InChI=1S/C17H29NS/c1-13(11-14-9-10-19-12-14)18-16-7-5-15(6-8-16)17(2,3)4/h9-10,12-13,15-16,18H,5-8,11H2,1-4H3. The number of thiophene rings is 1. The highest BCUT2D eigenvalue weighted by Gasteiger charge is 2.29. The Morgan fingerprint density at radius 2 is 1.95 bits per heavy atom. The lowest BCUT2D eigenvalue weighted by Crippen LogP contribution is -2.41. The van der Waals surface area contributed by atoms with Gasteiger partial charge in [-0.1, -0.05) is 20.8 Å². The van der Waals surface area contributed by atoms with Crippen molar-refractivity contribution < 1.29 is 0 Å². The first-order chi connectivity index (χ1) is 8.95. The zero-order valence-electron chi connectivity index (χ0n) is 12.9. The minimum atomic E-state index is 0.493. The van der Waals surface area contributed by atoms with Gasteiger partial charge in [-0.2, -0.15) is 11.3 Å². The van der Waals surface area contributed by atoms with Gasteiger partial charge in [-0.3, -0.25) is 0 Å². The Morgan fingerprint density at radius 3 is 2.47 bits per heavy atom. The minimum Gasteiger partial charge on any atom is -0.311 e. The molecule has 1 aliphatic carbocycles. The molecular weight excluding hydrogens is 250 g/mol. The highest BCUT2D eigenvalue weighted by Crippen LogP contribution is 2.37. The monoisotopic (exact) mass is 279 g/mol. The number of hydrogen-bond donors (Lipinski definition) is 1. The smallest absolute Gasteiger partial charge is 0.00820 e. The Hall–Kier alpha value is -0.340. The molecule has 1 heterocycles. The van der Waals surface area contributed by atoms with Crippen LogP contribution in [-0.4, -0.2) is 12.1 Å². The molecule has 2 rings (SSSR count). The van der Waals surface area contributed by atoms with Gasteiger partial charge >= 0.3 is 0 Å². The van der Waals surface area contributed by atoms with E-state index in [1.807, 2.05) is 0 Å². The second-order valence-electron chi connectivity index (χ2n) is 7.32. The Balaban J connectivity index is 1.73. The zero-order chi connectivity index (χ0) is 13.9. The van der Waals surface area contributed by atoms with Crippen LogP contribution in [0.1, 0.15) is 58.9 Å². The average molecular weight is 279 g/mol. The fourth-order valence-corrected chi connectivity index (χ4v) is 4.03. The topological polar surface area (TPSA) is 12.0 Å². The first kappa shape index (κ1) is 15.1. The van der Waals surface area contributed by atoms with Crippen molar-refractivity contribution in [3.63, 3.8) is 0 Å². The molecule has 0 radical (unpaired) electrons. The van der Waals surface area contributed by atoms with Crippen LogP contribution in [0.15, 0.2) is 16.8 Å². The summed E-state index contributed by atoms with van der Waals surface area (Å²) in [7, 11) is 0. The summed E-state index contributed by atoms with van der Waals surface area (Å²) in [6.07, 6.45) is 6.67. The van der Waals surface area contributed by atoms with E-state index < -0.39 is 0 Å². The van der Waals surface area contributed by atoms with Crippen molar-refractivity contribution in [1.82, 2.24) is 5.32 Å². The van der Waals surface area contributed by atoms with Gasteiger partial charge in [0.2, 0.25) is 0 Å². The van der Waals surface area contributed by atoms with Crippen LogP contribution in [-0.2, 0) is 6.42 Å². The van der Waals surface area contributed by atoms with Gasteiger partial charge in [-0.15, -0.1) is 0 Å². The molecule has 1 atom stereocenters. The van der Waals surface area contributed by atoms with Crippen molar-refractivity contribution in [3.8, 4) is 0 Å². The fourth-order valence-electron chi connectivity index (χ4n) is 3.35. The second kappa shape index (κ2) is 6.41. The molecule has 0 amide bonds. The minimum absolute atomic E-state index is 0.493. The molecule has 1 aromatic heterocycles. The van der Waals surface area contributed by atoms with Crippen molar-refractivity contribution in [1.29, 1.82) is 0 Å². The zero-order valence-corrected chi connectivity index (χ0v) is 13.7. The van der Waals surface area contributed by atoms with E-state index in [9.17, 15) is 0 Å². The molecule has 1 aromatic rings. The van der Waals surface area contributed by atoms with Gasteiger partial charge < -0.3 is 5.32 Å². The lowest BCUT2D eigenvalue weighted by Gasteiger charge is -2.38. The largest absolute Gasteiger partial charge is 0.311 e. The van der Waals surface area contributed by atoms with E-state index in [1.54, 1.807) is 11.3 Å². The van der Waals surface area contributed by atoms with Gasteiger partial charge in [-0.05, 0) is 72.8 Å². The average Bonchev–Trinajstić information content (AvgIpc) is 2.81. The summed E-state index contributed by atoms with van der Waals surface area (Å²) in [5, 5.41) is 8.28. The van der Waals surface area contributed by atoms with Gasteiger partial charge in [0, 0.05) is 12.1 Å². The molecule has 0 aromatic carbocycles. The Bertz CT molecular complexity index is 355. The maximum atomic E-state index is 3.83. The van der Waals surface area contributed by atoms with E-state index in [2.05, 4.69) is 49.8 Å². The van der Waals surface area contributed by atoms with E-state index in [-0.39, 0.29) is 0 Å². The maximum absolute atomic E-state index is 3.83. The summed E-state index contributed by atoms with van der Waals surface area (Å²) in [6, 6.07) is 3.59. The predicted molar refractivity (Wildman–Crippen MR) is 85.8 cm³/mol. The molecule has 19 heavy (non-hydrogen) atoms. The van der Waals surface area contributed by atoms with Crippen LogP contribution in [0.4, 0.5) is 0 Å². The Labute approximate surface area is 122 Å². The third-order valence-electron chi connectivity index (χ3n) is 4.59. The van der Waals surface area contributed by atoms with Crippen molar-refractivity contribution in [2.75, 3.05) is 0 Å². The summed E-state index contributed by atoms with van der Waals surface area (Å²) in [6.45, 7) is 9.51. The summed E-state index contributed by atoms with van der Waals surface area (Å²) in [5.74, 6) is 0.915. The van der Waals surface area contributed by atoms with Crippen molar-refractivity contribution in [2.24, 2.45) is 11.3 Å². The molecule has 1 nitrogen and oxygen atoms in total. The SMILES string of the molecule is CC(Cc1ccsc1)NC1CCC(C(C)(C)C)CC1. The molecule has 1 saturated carbocycles. The third kappa shape index (κ3) is 4.61. The van der Waals surface area contributed by atoms with E-state index in [0.29, 0.717) is 11.5 Å². The van der Waals surface area contributed by atoms with Gasteiger partial charge in [0.15, 0.2) is 0 Å². The summed E-state index contributed by atoms with van der Waals surface area (Å²) in [5.41, 5.74) is 1.97. The van der Waals surface area contributed by atoms with E-state index in [0.717, 1.165) is 12.0 Å². The van der Waals surface area contributed by atoms with Crippen LogP contribution >= 0.6 is 11.3 Å². The normalized spacial score (nSPS) is 26.3. The molecule has 0 saturated heterocycles.